The Balaban J connectivity index is 1.69. The minimum absolute atomic E-state index is 0.0126. The van der Waals surface area contributed by atoms with Gasteiger partial charge in [0.15, 0.2) is 6.23 Å². The summed E-state index contributed by atoms with van der Waals surface area (Å²) in [5.74, 6) is -0.0739. The Labute approximate surface area is 170 Å². The Bertz CT molecular complexity index is 987. The maximum Gasteiger partial charge on any atom is 0.351 e. The minimum atomic E-state index is -1.42. The number of anilines is 2. The first-order valence-corrected chi connectivity index (χ1v) is 9.06. The summed E-state index contributed by atoms with van der Waals surface area (Å²) in [5, 5.41) is 35.5. The summed E-state index contributed by atoms with van der Waals surface area (Å²) < 4.78 is 6.27. The Hall–Kier alpha value is -3.19. The predicted molar refractivity (Wildman–Crippen MR) is 106 cm³/mol. The molecule has 0 saturated carbocycles. The van der Waals surface area contributed by atoms with E-state index in [9.17, 15) is 19.8 Å². The lowest BCUT2D eigenvalue weighted by molar-refractivity contribution is -0.0549. The zero-order valence-electron chi connectivity index (χ0n) is 16.3. The molecular weight excluding hydrogens is 396 g/mol. The topological polar surface area (TPSA) is 171 Å². The lowest BCUT2D eigenvalue weighted by Crippen LogP contribution is -2.36. The van der Waals surface area contributed by atoms with Crippen molar-refractivity contribution in [1.82, 2.24) is 14.5 Å². The molecule has 0 bridgehead atoms. The Morgan fingerprint density at radius 1 is 1.23 bits per heavy atom. The van der Waals surface area contributed by atoms with Gasteiger partial charge in [-0.15, -0.1) is 0 Å². The van der Waals surface area contributed by atoms with Crippen LogP contribution in [0.4, 0.5) is 11.6 Å². The number of carbonyl (C=O) groups excluding carboxylic acids is 1. The first-order valence-electron chi connectivity index (χ1n) is 9.06. The Morgan fingerprint density at radius 3 is 2.57 bits per heavy atom. The molecule has 3 rings (SSSR count). The fraction of sp³-hybridized carbons (Fsp3) is 0.389. The number of carbonyl (C=O) groups is 1. The number of nitrogens with zero attached hydrogens (tertiary/aromatic N) is 4. The molecule has 30 heavy (non-hydrogen) atoms. The van der Waals surface area contributed by atoms with Crippen LogP contribution in [-0.2, 0) is 4.74 Å². The SMILES string of the molecule is CC(C)=NNc1ccc(C(=O)Nc2ccn([C@@H]3O[C@H](CO)[C@@H](O)[C@@H]3O)c(=O)n2)cn1. The monoisotopic (exact) mass is 418 g/mol. The molecule has 12 heteroatoms. The van der Waals surface area contributed by atoms with E-state index in [1.54, 1.807) is 6.07 Å². The Morgan fingerprint density at radius 2 is 2.00 bits per heavy atom. The van der Waals surface area contributed by atoms with E-state index in [2.05, 4.69) is 25.8 Å². The van der Waals surface area contributed by atoms with Gasteiger partial charge in [-0.25, -0.2) is 9.78 Å². The molecular formula is C18H22N6O6. The number of hydrogen-bond acceptors (Lipinski definition) is 10. The van der Waals surface area contributed by atoms with Gasteiger partial charge < -0.3 is 25.4 Å². The van der Waals surface area contributed by atoms with Crippen molar-refractivity contribution >= 4 is 23.3 Å². The fourth-order valence-electron chi connectivity index (χ4n) is 2.74. The molecule has 3 heterocycles. The molecule has 0 radical (unpaired) electrons. The maximum atomic E-state index is 12.3. The smallest absolute Gasteiger partial charge is 0.351 e. The maximum absolute atomic E-state index is 12.3. The number of ether oxygens (including phenoxy) is 1. The molecule has 12 nitrogen and oxygen atoms in total. The molecule has 2 aromatic heterocycles. The zero-order chi connectivity index (χ0) is 21.8. The summed E-state index contributed by atoms with van der Waals surface area (Å²) in [7, 11) is 0. The second-order valence-electron chi connectivity index (χ2n) is 6.79. The van der Waals surface area contributed by atoms with Gasteiger partial charge in [-0.2, -0.15) is 10.1 Å². The molecule has 0 aromatic carbocycles. The second kappa shape index (κ2) is 9.09. The fourth-order valence-corrected chi connectivity index (χ4v) is 2.74. The first-order chi connectivity index (χ1) is 14.3. The summed E-state index contributed by atoms with van der Waals surface area (Å²) in [6, 6.07) is 4.45. The highest BCUT2D eigenvalue weighted by atomic mass is 16.6. The van der Waals surface area contributed by atoms with Gasteiger partial charge in [0.1, 0.15) is 29.9 Å². The normalized spacial score (nSPS) is 23.1. The van der Waals surface area contributed by atoms with E-state index in [1.807, 2.05) is 13.8 Å². The third-order valence-corrected chi connectivity index (χ3v) is 4.28. The molecule has 0 aliphatic carbocycles. The van der Waals surface area contributed by atoms with Crippen LogP contribution in [0.2, 0.25) is 0 Å². The van der Waals surface area contributed by atoms with E-state index >= 15 is 0 Å². The summed E-state index contributed by atoms with van der Waals surface area (Å²) in [6.45, 7) is 3.13. The van der Waals surface area contributed by atoms with Crippen molar-refractivity contribution in [2.24, 2.45) is 5.10 Å². The number of amides is 1. The number of aliphatic hydroxyl groups is 3. The molecule has 5 N–H and O–H groups in total. The number of hydrogen-bond donors (Lipinski definition) is 5. The van der Waals surface area contributed by atoms with Gasteiger partial charge in [0, 0.05) is 18.1 Å². The van der Waals surface area contributed by atoms with Crippen LogP contribution in [0.25, 0.3) is 0 Å². The van der Waals surface area contributed by atoms with E-state index in [0.717, 1.165) is 10.3 Å². The van der Waals surface area contributed by atoms with Gasteiger partial charge in [-0.05, 0) is 32.0 Å². The van der Waals surface area contributed by atoms with Crippen LogP contribution in [0.3, 0.4) is 0 Å². The first kappa shape index (κ1) is 21.5. The highest BCUT2D eigenvalue weighted by Gasteiger charge is 2.43. The molecule has 1 aliphatic rings. The number of aromatic nitrogens is 3. The van der Waals surface area contributed by atoms with Crippen LogP contribution in [-0.4, -0.2) is 66.4 Å². The van der Waals surface area contributed by atoms with Gasteiger partial charge in [0.2, 0.25) is 0 Å². The van der Waals surface area contributed by atoms with E-state index in [0.29, 0.717) is 5.82 Å². The molecule has 0 unspecified atom stereocenters. The van der Waals surface area contributed by atoms with Crippen molar-refractivity contribution in [2.45, 2.75) is 38.4 Å². The van der Waals surface area contributed by atoms with Crippen molar-refractivity contribution in [3.63, 3.8) is 0 Å². The third kappa shape index (κ3) is 4.68. The molecule has 1 amide bonds. The number of pyridine rings is 1. The highest BCUT2D eigenvalue weighted by Crippen LogP contribution is 2.28. The van der Waals surface area contributed by atoms with Gasteiger partial charge in [-0.1, -0.05) is 0 Å². The molecule has 1 saturated heterocycles. The highest BCUT2D eigenvalue weighted by molar-refractivity contribution is 6.03. The van der Waals surface area contributed by atoms with Crippen LogP contribution >= 0.6 is 0 Å². The number of aliphatic hydroxyl groups excluding tert-OH is 3. The minimum Gasteiger partial charge on any atom is -0.394 e. The molecule has 1 aliphatic heterocycles. The summed E-state index contributed by atoms with van der Waals surface area (Å²) in [4.78, 5) is 32.5. The third-order valence-electron chi connectivity index (χ3n) is 4.28. The van der Waals surface area contributed by atoms with Crippen molar-refractivity contribution < 1.29 is 24.9 Å². The van der Waals surface area contributed by atoms with Gasteiger partial charge in [-0.3, -0.25) is 14.8 Å². The van der Waals surface area contributed by atoms with Crippen molar-refractivity contribution in [2.75, 3.05) is 17.3 Å². The predicted octanol–water partition coefficient (Wildman–Crippen LogP) is -0.690. The summed E-state index contributed by atoms with van der Waals surface area (Å²) in [6.07, 6.45) is -2.38. The number of nitrogens with one attached hydrogen (secondary N) is 2. The average Bonchev–Trinajstić information content (AvgIpc) is 3.01. The van der Waals surface area contributed by atoms with E-state index in [4.69, 9.17) is 9.84 Å². The standard InChI is InChI=1S/C18H22N6O6/c1-9(2)22-23-12-4-3-10(7-19-12)16(28)20-13-5-6-24(18(29)21-13)17-15(27)14(26)11(8-25)30-17/h3-7,11,14-15,17,25-27H,8H2,1-2H3,(H,19,23)(H,20,21,28,29)/t11-,14-,15+,17-/m1/s1. The quantitative estimate of drug-likeness (QED) is 0.301. The zero-order valence-corrected chi connectivity index (χ0v) is 16.3. The molecule has 2 aromatic rings. The van der Waals surface area contributed by atoms with Crippen molar-refractivity contribution in [3.8, 4) is 0 Å². The largest absolute Gasteiger partial charge is 0.394 e. The molecule has 0 spiro atoms. The molecule has 4 atom stereocenters. The van der Waals surface area contributed by atoms with Crippen LogP contribution in [0.5, 0.6) is 0 Å². The lowest BCUT2D eigenvalue weighted by Gasteiger charge is -2.17. The van der Waals surface area contributed by atoms with E-state index in [-0.39, 0.29) is 11.4 Å². The van der Waals surface area contributed by atoms with E-state index in [1.165, 1.54) is 24.5 Å². The van der Waals surface area contributed by atoms with Gasteiger partial charge in [0.05, 0.1) is 12.2 Å². The lowest BCUT2D eigenvalue weighted by atomic mass is 10.1. The van der Waals surface area contributed by atoms with Gasteiger partial charge >= 0.3 is 5.69 Å². The Kier molecular flexibility index (Phi) is 6.52. The van der Waals surface area contributed by atoms with Crippen LogP contribution in [0.15, 0.2) is 40.5 Å². The summed E-state index contributed by atoms with van der Waals surface area (Å²) in [5.41, 5.74) is 2.98. The van der Waals surface area contributed by atoms with E-state index < -0.39 is 42.7 Å². The van der Waals surface area contributed by atoms with Crippen LogP contribution in [0.1, 0.15) is 30.4 Å². The second-order valence-corrected chi connectivity index (χ2v) is 6.79. The molecule has 160 valence electrons. The average molecular weight is 418 g/mol. The molecule has 1 fully saturated rings. The van der Waals surface area contributed by atoms with Gasteiger partial charge in [0.25, 0.3) is 5.91 Å². The summed E-state index contributed by atoms with van der Waals surface area (Å²) >= 11 is 0. The van der Waals surface area contributed by atoms with Crippen LogP contribution < -0.4 is 16.4 Å². The van der Waals surface area contributed by atoms with Crippen molar-refractivity contribution in [3.05, 3.63) is 46.6 Å². The van der Waals surface area contributed by atoms with Crippen molar-refractivity contribution in [1.29, 1.82) is 0 Å². The number of rotatable bonds is 6. The number of hydrazone groups is 1. The van der Waals surface area contributed by atoms with Crippen LogP contribution in [0, 0.1) is 0 Å².